The van der Waals surface area contributed by atoms with Gasteiger partial charge in [0.2, 0.25) is 0 Å². The number of hydrogen-bond acceptors (Lipinski definition) is 0. The summed E-state index contributed by atoms with van der Waals surface area (Å²) < 4.78 is 0. The number of aryl methyl sites for hydroxylation is 6. The molecule has 4 aromatic carbocycles. The molecule has 0 N–H and O–H groups in total. The van der Waals surface area contributed by atoms with Crippen molar-refractivity contribution in [2.24, 2.45) is 0 Å². The van der Waals surface area contributed by atoms with E-state index in [0.29, 0.717) is 0 Å². The molecule has 4 heteroatoms. The van der Waals surface area contributed by atoms with E-state index in [4.69, 9.17) is 0 Å². The van der Waals surface area contributed by atoms with Crippen LogP contribution in [0.1, 0.15) is 47.2 Å². The molecule has 0 saturated heterocycles. The van der Waals surface area contributed by atoms with Crippen molar-refractivity contribution in [3.8, 4) is 0 Å². The molecule has 32 heavy (non-hydrogen) atoms. The molecule has 0 heterocycles. The van der Waals surface area contributed by atoms with Crippen LogP contribution in [-0.4, -0.2) is 5.43 Å². The van der Waals surface area contributed by atoms with Crippen LogP contribution in [-0.2, 0) is 36.2 Å². The Morgan fingerprint density at radius 3 is 1.25 bits per heavy atom. The Labute approximate surface area is 223 Å². The summed E-state index contributed by atoms with van der Waals surface area (Å²) in [5.41, 5.74) is 8.62. The maximum absolute atomic E-state index is 2.31. The molecular weight excluding hydrogens is 527 g/mol. The fourth-order valence-electron chi connectivity index (χ4n) is 3.92. The normalized spacial score (nSPS) is 9.81. The van der Waals surface area contributed by atoms with Crippen LogP contribution < -0.4 is 24.8 Å². The van der Waals surface area contributed by atoms with Gasteiger partial charge >= 0.3 is 41.9 Å². The quantitative estimate of drug-likeness (QED) is 0.260. The number of fused-ring (bicyclic) bond motifs is 2. The summed E-state index contributed by atoms with van der Waals surface area (Å²) in [5, 5.41) is 5.63. The largest absolute Gasteiger partial charge is 1.00 e. The average molecular weight is 563 g/mol. The predicted molar refractivity (Wildman–Crippen MR) is 134 cm³/mol. The summed E-state index contributed by atoms with van der Waals surface area (Å²) in [4.78, 5) is 0. The average Bonchev–Trinajstić information content (AvgIpc) is 3.25. The van der Waals surface area contributed by atoms with Crippen LogP contribution in [0.4, 0.5) is 0 Å². The Morgan fingerprint density at radius 1 is 0.656 bits per heavy atom. The Kier molecular flexibility index (Phi) is 14.3. The van der Waals surface area contributed by atoms with Crippen LogP contribution in [0.15, 0.2) is 48.5 Å². The molecule has 4 aromatic rings. The standard InChI is InChI=1S/2C13H15.C2H6Si.2ClH.Zr/c2*1-4-11-7-12-6-9(2)5-10(3)13(12)8-11;1-3-2;;;/h2*5-8H,4H2,1-3H3;1-2H3;2*1H;/q2*-1;;;;+2/p-2. The van der Waals surface area contributed by atoms with Crippen molar-refractivity contribution in [2.45, 2.75) is 67.5 Å². The van der Waals surface area contributed by atoms with E-state index in [2.05, 4.69) is 103 Å². The first-order valence-corrected chi connectivity index (χ1v) is 17.2. The van der Waals surface area contributed by atoms with Gasteiger partial charge in [0.05, 0.1) is 0 Å². The second-order valence-electron chi connectivity index (χ2n) is 8.60. The smallest absolute Gasteiger partial charge is 1.00 e. The third-order valence-corrected chi connectivity index (χ3v) is 5.28. The first-order chi connectivity index (χ1) is 14.1. The first-order valence-electron chi connectivity index (χ1n) is 11.0. The summed E-state index contributed by atoms with van der Waals surface area (Å²) in [6, 6.07) is 18.3. The number of rotatable bonds is 2. The van der Waals surface area contributed by atoms with Crippen LogP contribution in [0.2, 0.25) is 13.1 Å². The van der Waals surface area contributed by atoms with Gasteiger partial charge in [-0.25, -0.2) is 0 Å². The van der Waals surface area contributed by atoms with Crippen LogP contribution in [0, 0.1) is 27.7 Å². The van der Waals surface area contributed by atoms with E-state index < -0.39 is 0 Å². The van der Waals surface area contributed by atoms with E-state index in [1.807, 2.05) is 0 Å². The SMILES string of the molecule is CCc1cc2c(C)cc(C)cc2[cH-]1.CCc1cc2c(C)cc(C)cc2[cH-]1.C[Si](C)=[Zr+2].[Cl-].[Cl-]. The van der Waals surface area contributed by atoms with Gasteiger partial charge in [-0.2, -0.15) is 12.1 Å². The van der Waals surface area contributed by atoms with Gasteiger partial charge in [0.25, 0.3) is 0 Å². The molecule has 0 saturated carbocycles. The van der Waals surface area contributed by atoms with Crippen molar-refractivity contribution in [1.29, 1.82) is 0 Å². The van der Waals surface area contributed by atoms with Crippen LogP contribution in [0.3, 0.4) is 0 Å². The zero-order chi connectivity index (χ0) is 22.4. The minimum absolute atomic E-state index is 0. The summed E-state index contributed by atoms with van der Waals surface area (Å²) in [6.07, 6.45) is 2.26. The molecule has 0 amide bonds. The van der Waals surface area contributed by atoms with Crippen molar-refractivity contribution in [3.63, 3.8) is 0 Å². The fourth-order valence-corrected chi connectivity index (χ4v) is 3.92. The van der Waals surface area contributed by atoms with Gasteiger partial charge in [0.15, 0.2) is 0 Å². The minimum atomic E-state index is 0. The second kappa shape index (κ2) is 14.6. The molecule has 0 aliphatic carbocycles. The minimum Gasteiger partial charge on any atom is -1.00 e. The molecule has 172 valence electrons. The third-order valence-electron chi connectivity index (χ3n) is 5.28. The van der Waals surface area contributed by atoms with E-state index >= 15 is 0 Å². The Morgan fingerprint density at radius 2 is 0.969 bits per heavy atom. The molecule has 0 radical (unpaired) electrons. The van der Waals surface area contributed by atoms with Crippen molar-refractivity contribution < 1.29 is 48.1 Å². The van der Waals surface area contributed by atoms with Gasteiger partial charge in [-0.3, -0.25) is 0 Å². The molecule has 0 atom stereocenters. The van der Waals surface area contributed by atoms with Gasteiger partial charge < -0.3 is 24.8 Å². The van der Waals surface area contributed by atoms with E-state index in [0.717, 1.165) is 12.8 Å². The number of hydrogen-bond donors (Lipinski definition) is 0. The Balaban J connectivity index is 0.000000490. The van der Waals surface area contributed by atoms with E-state index in [-0.39, 0.29) is 30.2 Å². The maximum Gasteiger partial charge on any atom is -1.00 e. The van der Waals surface area contributed by atoms with Crippen molar-refractivity contribution in [3.05, 3.63) is 81.9 Å². The Hall–Kier alpha value is -0.660. The fraction of sp³-hybridized carbons (Fsp3) is 0.357. The van der Waals surface area contributed by atoms with Crippen molar-refractivity contribution >= 4 is 27.0 Å². The molecule has 0 aliphatic rings. The van der Waals surface area contributed by atoms with Crippen molar-refractivity contribution in [1.82, 2.24) is 0 Å². The number of halogens is 2. The summed E-state index contributed by atoms with van der Waals surface area (Å²) >= 11 is 1.74. The van der Waals surface area contributed by atoms with Gasteiger partial charge in [-0.15, -0.1) is 56.9 Å². The molecule has 0 aromatic heterocycles. The summed E-state index contributed by atoms with van der Waals surface area (Å²) in [6.45, 7) is 17.7. The topological polar surface area (TPSA) is 0 Å². The first kappa shape index (κ1) is 31.3. The van der Waals surface area contributed by atoms with Crippen LogP contribution in [0.25, 0.3) is 21.5 Å². The monoisotopic (exact) mass is 560 g/mol. The molecule has 0 spiro atoms. The van der Waals surface area contributed by atoms with Gasteiger partial charge in [0.1, 0.15) is 0 Å². The second-order valence-corrected chi connectivity index (χ2v) is 18.0. The van der Waals surface area contributed by atoms with Gasteiger partial charge in [-0.1, -0.05) is 48.2 Å². The number of benzene rings is 2. The predicted octanol–water partition coefficient (Wildman–Crippen LogP) is 2.27. The van der Waals surface area contributed by atoms with Gasteiger partial charge in [0, 0.05) is 0 Å². The Bertz CT molecular complexity index is 1060. The molecule has 4 rings (SSSR count). The van der Waals surface area contributed by atoms with Crippen LogP contribution in [0.5, 0.6) is 0 Å². The van der Waals surface area contributed by atoms with E-state index in [1.54, 1.807) is 23.3 Å². The van der Waals surface area contributed by atoms with E-state index in [1.165, 1.54) is 54.9 Å². The molecule has 0 bridgehead atoms. The summed E-state index contributed by atoms with van der Waals surface area (Å²) in [5.74, 6) is 0. The molecule has 0 fully saturated rings. The zero-order valence-electron chi connectivity index (χ0n) is 20.8. The summed E-state index contributed by atoms with van der Waals surface area (Å²) in [7, 11) is 0. The van der Waals surface area contributed by atoms with Crippen molar-refractivity contribution in [2.75, 3.05) is 0 Å². The maximum atomic E-state index is 2.31. The van der Waals surface area contributed by atoms with E-state index in [9.17, 15) is 0 Å². The third kappa shape index (κ3) is 8.94. The van der Waals surface area contributed by atoms with Gasteiger partial charge in [-0.05, 0) is 40.5 Å². The molecule has 0 aliphatic heterocycles. The molecule has 0 unspecified atom stereocenters. The zero-order valence-corrected chi connectivity index (χ0v) is 25.8. The molecule has 0 nitrogen and oxygen atoms in total. The molecular formula is C28H36Cl2SiZr-2. The van der Waals surface area contributed by atoms with Crippen LogP contribution >= 0.6 is 0 Å².